The first-order valence-electron chi connectivity index (χ1n) is 8.22. The molecule has 0 atom stereocenters. The third-order valence-electron chi connectivity index (χ3n) is 3.59. The van der Waals surface area contributed by atoms with Gasteiger partial charge in [-0.15, -0.1) is 11.8 Å². The van der Waals surface area contributed by atoms with Crippen LogP contribution < -0.4 is 0 Å². The van der Waals surface area contributed by atoms with E-state index in [-0.39, 0.29) is 0 Å². The number of fused-ring (bicyclic) bond motifs is 1. The lowest BCUT2D eigenvalue weighted by molar-refractivity contribution is -0.159. The summed E-state index contributed by atoms with van der Waals surface area (Å²) in [5.74, 6) is -2.51. The Morgan fingerprint density at radius 3 is 2.33 bits per heavy atom. The highest BCUT2D eigenvalue weighted by Crippen LogP contribution is 2.21. The fourth-order valence-corrected chi connectivity index (χ4v) is 3.33. The molecular formula is C19H19ClN2O4S. The Balaban J connectivity index is 0.000000380. The molecule has 6 nitrogen and oxygen atoms in total. The van der Waals surface area contributed by atoms with Crippen LogP contribution in [0.15, 0.2) is 59.8 Å². The second kappa shape index (κ2) is 10.6. The molecule has 0 radical (unpaired) electrons. The van der Waals surface area contributed by atoms with Gasteiger partial charge in [-0.05, 0) is 55.0 Å². The first-order valence-corrected chi connectivity index (χ1v) is 9.58. The molecule has 0 unspecified atom stereocenters. The molecule has 1 heterocycles. The molecular weight excluding hydrogens is 388 g/mol. The van der Waals surface area contributed by atoms with Gasteiger partial charge in [0.05, 0.1) is 17.4 Å². The molecule has 0 saturated carbocycles. The van der Waals surface area contributed by atoms with Crippen molar-refractivity contribution in [2.24, 2.45) is 0 Å². The highest BCUT2D eigenvalue weighted by molar-refractivity contribution is 7.99. The predicted molar refractivity (Wildman–Crippen MR) is 106 cm³/mol. The van der Waals surface area contributed by atoms with Gasteiger partial charge in [0.15, 0.2) is 0 Å². The Morgan fingerprint density at radius 1 is 1.00 bits per heavy atom. The van der Waals surface area contributed by atoms with E-state index in [4.69, 9.17) is 31.4 Å². The number of hydrogen-bond donors (Lipinski definition) is 2. The van der Waals surface area contributed by atoms with Gasteiger partial charge in [0.25, 0.3) is 0 Å². The molecule has 0 aliphatic heterocycles. The van der Waals surface area contributed by atoms with Crippen LogP contribution in [0.1, 0.15) is 12.8 Å². The van der Waals surface area contributed by atoms with E-state index in [1.54, 1.807) is 0 Å². The van der Waals surface area contributed by atoms with Gasteiger partial charge < -0.3 is 14.8 Å². The summed E-state index contributed by atoms with van der Waals surface area (Å²) in [7, 11) is 0. The summed E-state index contributed by atoms with van der Waals surface area (Å²) in [6.07, 6.45) is 4.30. The second-order valence-corrected chi connectivity index (χ2v) is 7.15. The maximum Gasteiger partial charge on any atom is 0.414 e. The number of rotatable bonds is 6. The topological polar surface area (TPSA) is 92.4 Å². The number of hydrogen-bond acceptors (Lipinski definition) is 4. The highest BCUT2D eigenvalue weighted by atomic mass is 35.5. The number of halogens is 1. The lowest BCUT2D eigenvalue weighted by Crippen LogP contribution is -2.09. The number of carbonyl (C=O) groups is 2. The number of thioether (sulfide) groups is 1. The number of para-hydroxylation sites is 2. The first-order chi connectivity index (χ1) is 13.0. The molecule has 0 amide bonds. The van der Waals surface area contributed by atoms with E-state index in [0.717, 1.165) is 22.8 Å². The summed E-state index contributed by atoms with van der Waals surface area (Å²) in [4.78, 5) is 23.9. The van der Waals surface area contributed by atoms with E-state index in [0.29, 0.717) is 0 Å². The van der Waals surface area contributed by atoms with Crippen molar-refractivity contribution in [3.8, 4) is 0 Å². The number of unbranched alkanes of at least 4 members (excludes halogenated alkanes) is 1. The number of aliphatic carboxylic acids is 2. The van der Waals surface area contributed by atoms with Crippen LogP contribution in [0.25, 0.3) is 11.0 Å². The van der Waals surface area contributed by atoms with Crippen LogP contribution in [0.3, 0.4) is 0 Å². The third-order valence-corrected chi connectivity index (χ3v) is 4.94. The van der Waals surface area contributed by atoms with E-state index in [9.17, 15) is 0 Å². The molecule has 0 aliphatic carbocycles. The molecule has 142 valence electrons. The zero-order valence-corrected chi connectivity index (χ0v) is 16.0. The van der Waals surface area contributed by atoms with Crippen LogP contribution in [0.4, 0.5) is 0 Å². The molecule has 8 heteroatoms. The molecule has 2 N–H and O–H groups in total. The van der Waals surface area contributed by atoms with Gasteiger partial charge in [-0.25, -0.2) is 14.6 Å². The summed E-state index contributed by atoms with van der Waals surface area (Å²) < 4.78 is 2.24. The van der Waals surface area contributed by atoms with Gasteiger partial charge >= 0.3 is 11.9 Å². The number of carboxylic acids is 2. The third kappa shape index (κ3) is 6.96. The molecule has 0 saturated heterocycles. The molecule has 0 spiro atoms. The molecule has 3 rings (SSSR count). The molecule has 27 heavy (non-hydrogen) atoms. The smallest absolute Gasteiger partial charge is 0.414 e. The van der Waals surface area contributed by atoms with Crippen LogP contribution >= 0.6 is 23.4 Å². The summed E-state index contributed by atoms with van der Waals surface area (Å²) in [5.41, 5.74) is 2.30. The molecule has 1 aromatic heterocycles. The molecule has 3 aromatic rings. The second-order valence-electron chi connectivity index (χ2n) is 5.55. The summed E-state index contributed by atoms with van der Waals surface area (Å²) in [6.45, 7) is 1.03. The van der Waals surface area contributed by atoms with E-state index >= 15 is 0 Å². The van der Waals surface area contributed by atoms with Crippen LogP contribution in [-0.2, 0) is 16.1 Å². The summed E-state index contributed by atoms with van der Waals surface area (Å²) >= 11 is 7.77. The highest BCUT2D eigenvalue weighted by Gasteiger charge is 2.04. The number of aryl methyl sites for hydroxylation is 1. The lowest BCUT2D eigenvalue weighted by Gasteiger charge is -2.05. The van der Waals surface area contributed by atoms with Gasteiger partial charge in [-0.2, -0.15) is 0 Å². The van der Waals surface area contributed by atoms with Crippen molar-refractivity contribution in [2.45, 2.75) is 24.3 Å². The normalized spacial score (nSPS) is 10.3. The maximum absolute atomic E-state index is 9.10. The lowest BCUT2D eigenvalue weighted by atomic mass is 10.3. The average molecular weight is 407 g/mol. The number of nitrogens with zero attached hydrogens (tertiary/aromatic N) is 2. The SMILES string of the molecule is Clc1ccc(SCCCCn2cnc3ccccc32)cc1.O=C(O)C(=O)O. The molecule has 0 aliphatic rings. The monoisotopic (exact) mass is 406 g/mol. The average Bonchev–Trinajstić information content (AvgIpc) is 3.07. The number of imidazole rings is 1. The largest absolute Gasteiger partial charge is 0.473 e. The quantitative estimate of drug-likeness (QED) is 0.357. The minimum absolute atomic E-state index is 0.798. The van der Waals surface area contributed by atoms with Crippen molar-refractivity contribution in [1.82, 2.24) is 9.55 Å². The van der Waals surface area contributed by atoms with Crippen molar-refractivity contribution < 1.29 is 19.8 Å². The zero-order valence-electron chi connectivity index (χ0n) is 14.4. The Hall–Kier alpha value is -2.51. The summed E-state index contributed by atoms with van der Waals surface area (Å²) in [6, 6.07) is 16.3. The van der Waals surface area contributed by atoms with Gasteiger partial charge in [-0.1, -0.05) is 23.7 Å². The molecule has 2 aromatic carbocycles. The Bertz CT molecular complexity index is 884. The van der Waals surface area contributed by atoms with Crippen molar-refractivity contribution in [1.29, 1.82) is 0 Å². The first kappa shape index (κ1) is 20.8. The zero-order chi connectivity index (χ0) is 19.6. The Labute approximate surface area is 165 Å². The standard InChI is InChI=1S/C17H17ClN2S.C2H2O4/c18-14-7-9-15(10-8-14)21-12-4-3-11-20-13-19-16-5-1-2-6-17(16)20;3-1(4)2(5)6/h1-2,5-10,13H,3-4,11-12H2;(H,3,4)(H,5,6). The Kier molecular flexibility index (Phi) is 8.16. The maximum atomic E-state index is 9.10. The van der Waals surface area contributed by atoms with Gasteiger partial charge in [0, 0.05) is 16.5 Å². The van der Waals surface area contributed by atoms with Crippen molar-refractivity contribution in [3.63, 3.8) is 0 Å². The molecule has 0 fully saturated rings. The summed E-state index contributed by atoms with van der Waals surface area (Å²) in [5, 5.41) is 15.6. The van der Waals surface area contributed by atoms with Crippen molar-refractivity contribution >= 4 is 46.3 Å². The minimum Gasteiger partial charge on any atom is -0.473 e. The number of aromatic nitrogens is 2. The van der Waals surface area contributed by atoms with E-state index in [1.807, 2.05) is 36.3 Å². The van der Waals surface area contributed by atoms with Gasteiger partial charge in [-0.3, -0.25) is 0 Å². The van der Waals surface area contributed by atoms with Crippen LogP contribution in [0.5, 0.6) is 0 Å². The van der Waals surface area contributed by atoms with Crippen LogP contribution in [0, 0.1) is 0 Å². The Morgan fingerprint density at radius 2 is 1.67 bits per heavy atom. The number of carboxylic acid groups (broad SMARTS) is 2. The van der Waals surface area contributed by atoms with E-state index in [1.165, 1.54) is 23.3 Å². The fourth-order valence-electron chi connectivity index (χ4n) is 2.29. The van der Waals surface area contributed by atoms with Gasteiger partial charge in [0.2, 0.25) is 0 Å². The van der Waals surface area contributed by atoms with E-state index in [2.05, 4.69) is 39.9 Å². The van der Waals surface area contributed by atoms with E-state index < -0.39 is 11.9 Å². The van der Waals surface area contributed by atoms with Crippen molar-refractivity contribution in [2.75, 3.05) is 5.75 Å². The van der Waals surface area contributed by atoms with Crippen LogP contribution in [-0.4, -0.2) is 37.5 Å². The molecule has 0 bridgehead atoms. The fraction of sp³-hybridized carbons (Fsp3) is 0.211. The number of benzene rings is 2. The van der Waals surface area contributed by atoms with Crippen molar-refractivity contribution in [3.05, 3.63) is 59.9 Å². The minimum atomic E-state index is -1.82. The van der Waals surface area contributed by atoms with Gasteiger partial charge in [0.1, 0.15) is 0 Å². The predicted octanol–water partition coefficient (Wildman–Crippen LogP) is 4.42. The van der Waals surface area contributed by atoms with Crippen LogP contribution in [0.2, 0.25) is 5.02 Å².